The molecule has 0 unspecified atom stereocenters. The second-order valence-electron chi connectivity index (χ2n) is 5.88. The fourth-order valence-corrected chi connectivity index (χ4v) is 2.88. The van der Waals surface area contributed by atoms with Crippen LogP contribution in [0, 0.1) is 0 Å². The van der Waals surface area contributed by atoms with Crippen molar-refractivity contribution in [3.8, 4) is 5.75 Å². The second kappa shape index (κ2) is 9.05. The van der Waals surface area contributed by atoms with Gasteiger partial charge in [0.1, 0.15) is 12.3 Å². The van der Waals surface area contributed by atoms with Gasteiger partial charge < -0.3 is 20.2 Å². The number of carboxylic acids is 2. The third kappa shape index (κ3) is 5.72. The molecule has 0 spiro atoms. The van der Waals surface area contributed by atoms with E-state index in [1.807, 2.05) is 0 Å². The number of phenols is 1. The molecule has 0 aliphatic rings. The first kappa shape index (κ1) is 20.3. The van der Waals surface area contributed by atoms with Gasteiger partial charge in [-0.05, 0) is 35.7 Å². The number of aromatic carboxylic acids is 1. The minimum atomic E-state index is -1.20. The third-order valence-electron chi connectivity index (χ3n) is 3.93. The Bertz CT molecular complexity index is 867. The molecule has 0 fully saturated rings. The van der Waals surface area contributed by atoms with Gasteiger partial charge in [-0.3, -0.25) is 9.59 Å². The Labute approximate surface area is 160 Å². The van der Waals surface area contributed by atoms with Gasteiger partial charge >= 0.3 is 11.9 Å². The number of rotatable bonds is 8. The summed E-state index contributed by atoms with van der Waals surface area (Å²) in [6, 6.07) is 10.5. The molecule has 142 valence electrons. The van der Waals surface area contributed by atoms with Crippen LogP contribution in [0.5, 0.6) is 5.75 Å². The zero-order valence-electron chi connectivity index (χ0n) is 14.3. The first-order valence-electron chi connectivity index (χ1n) is 8.06. The topological polar surface area (TPSA) is 115 Å². The molecule has 7 nitrogen and oxygen atoms in total. The van der Waals surface area contributed by atoms with Gasteiger partial charge in [0, 0.05) is 18.0 Å². The van der Waals surface area contributed by atoms with E-state index in [-0.39, 0.29) is 30.7 Å². The van der Waals surface area contributed by atoms with Crippen molar-refractivity contribution in [2.75, 3.05) is 6.54 Å². The molecule has 2 rings (SSSR count). The summed E-state index contributed by atoms with van der Waals surface area (Å²) in [5.41, 5.74) is 1.01. The number of nitrogens with zero attached hydrogens (tertiary/aromatic N) is 1. The lowest BCUT2D eigenvalue weighted by molar-refractivity contribution is -0.144. The van der Waals surface area contributed by atoms with Crippen molar-refractivity contribution in [3.63, 3.8) is 0 Å². The summed E-state index contributed by atoms with van der Waals surface area (Å²) in [6.45, 7) is -0.674. The largest absolute Gasteiger partial charge is 0.508 e. The fraction of sp³-hybridized carbons (Fsp3) is 0.211. The fourth-order valence-electron chi connectivity index (χ4n) is 2.61. The van der Waals surface area contributed by atoms with Crippen molar-refractivity contribution in [1.82, 2.24) is 4.90 Å². The van der Waals surface area contributed by atoms with Gasteiger partial charge in [0.25, 0.3) is 0 Å². The number of carboxylic acid groups (broad SMARTS) is 2. The lowest BCUT2D eigenvalue weighted by Gasteiger charge is -2.22. The molecular formula is C19H18ClNO6. The van der Waals surface area contributed by atoms with Crippen LogP contribution in [0.25, 0.3) is 0 Å². The molecule has 1 amide bonds. The number of hydrogen-bond acceptors (Lipinski definition) is 4. The summed E-state index contributed by atoms with van der Waals surface area (Å²) >= 11 is 6.02. The van der Waals surface area contributed by atoms with Crippen molar-refractivity contribution in [2.24, 2.45) is 0 Å². The van der Waals surface area contributed by atoms with Crippen molar-refractivity contribution in [2.45, 2.75) is 19.4 Å². The minimum Gasteiger partial charge on any atom is -0.508 e. The number of carbonyl (C=O) groups is 3. The molecule has 0 saturated carbocycles. The predicted molar refractivity (Wildman–Crippen MR) is 97.9 cm³/mol. The Morgan fingerprint density at radius 2 is 1.70 bits per heavy atom. The van der Waals surface area contributed by atoms with Crippen LogP contribution in [0.15, 0.2) is 42.5 Å². The average Bonchev–Trinajstić information content (AvgIpc) is 2.60. The quantitative estimate of drug-likeness (QED) is 0.637. The molecule has 0 radical (unpaired) electrons. The molecule has 0 aliphatic heterocycles. The molecule has 27 heavy (non-hydrogen) atoms. The number of aliphatic carboxylic acids is 1. The zero-order chi connectivity index (χ0) is 20.0. The maximum Gasteiger partial charge on any atom is 0.336 e. The maximum atomic E-state index is 12.5. The normalized spacial score (nSPS) is 10.4. The molecule has 0 atom stereocenters. The molecule has 8 heteroatoms. The van der Waals surface area contributed by atoms with Gasteiger partial charge in [-0.25, -0.2) is 4.79 Å². The van der Waals surface area contributed by atoms with Crippen LogP contribution < -0.4 is 0 Å². The van der Waals surface area contributed by atoms with Gasteiger partial charge in [-0.15, -0.1) is 0 Å². The molecule has 2 aromatic carbocycles. The number of amides is 1. The van der Waals surface area contributed by atoms with Crippen molar-refractivity contribution < 1.29 is 29.7 Å². The van der Waals surface area contributed by atoms with Crippen LogP contribution in [-0.2, 0) is 22.6 Å². The van der Waals surface area contributed by atoms with Gasteiger partial charge in [0.05, 0.1) is 5.56 Å². The molecule has 0 aromatic heterocycles. The average molecular weight is 392 g/mol. The van der Waals surface area contributed by atoms with Crippen LogP contribution in [0.4, 0.5) is 0 Å². The van der Waals surface area contributed by atoms with Gasteiger partial charge in [-0.2, -0.15) is 0 Å². The Morgan fingerprint density at radius 3 is 2.33 bits per heavy atom. The van der Waals surface area contributed by atoms with E-state index in [0.717, 1.165) is 4.90 Å². The molecule has 2 aromatic rings. The zero-order valence-corrected chi connectivity index (χ0v) is 15.0. The molecule has 0 bridgehead atoms. The van der Waals surface area contributed by atoms with Crippen molar-refractivity contribution in [3.05, 3.63) is 64.2 Å². The summed E-state index contributed by atoms with van der Waals surface area (Å²) in [6.07, 6.45) is 0.252. The number of phenolic OH excluding ortho intramolecular Hbond substituents is 1. The van der Waals surface area contributed by atoms with E-state index < -0.39 is 24.4 Å². The first-order chi connectivity index (χ1) is 12.8. The molecule has 0 heterocycles. The highest BCUT2D eigenvalue weighted by Crippen LogP contribution is 2.23. The summed E-state index contributed by atoms with van der Waals surface area (Å²) in [7, 11) is 0. The number of benzene rings is 2. The standard InChI is InChI=1S/C19H18ClNO6/c20-16-9-14(22)7-5-12(16)6-8-17(23)21(11-18(24)25)10-13-3-1-2-4-15(13)19(26)27/h1-5,7,9,22H,6,8,10-11H2,(H,24,25)(H,26,27). The Balaban J connectivity index is 2.14. The number of aryl methyl sites for hydroxylation is 1. The van der Waals surface area contributed by atoms with Crippen LogP contribution in [0.3, 0.4) is 0 Å². The Morgan fingerprint density at radius 1 is 1.00 bits per heavy atom. The van der Waals surface area contributed by atoms with Gasteiger partial charge in [0.15, 0.2) is 0 Å². The van der Waals surface area contributed by atoms with Crippen LogP contribution in [0.2, 0.25) is 5.02 Å². The third-order valence-corrected chi connectivity index (χ3v) is 4.28. The first-order valence-corrected chi connectivity index (χ1v) is 8.44. The minimum absolute atomic E-state index is 0.00693. The summed E-state index contributed by atoms with van der Waals surface area (Å²) in [5, 5.41) is 28.0. The highest BCUT2D eigenvalue weighted by atomic mass is 35.5. The summed E-state index contributed by atoms with van der Waals surface area (Å²) in [4.78, 5) is 36.1. The van der Waals surface area contributed by atoms with Crippen LogP contribution >= 0.6 is 11.6 Å². The monoisotopic (exact) mass is 391 g/mol. The van der Waals surface area contributed by atoms with E-state index in [9.17, 15) is 24.6 Å². The lowest BCUT2D eigenvalue weighted by atomic mass is 10.1. The van der Waals surface area contributed by atoms with E-state index in [0.29, 0.717) is 16.1 Å². The number of carbonyl (C=O) groups excluding carboxylic acids is 1. The molecule has 0 aliphatic carbocycles. The number of hydrogen-bond donors (Lipinski definition) is 3. The predicted octanol–water partition coefficient (Wildman–Crippen LogP) is 2.79. The molecule has 3 N–H and O–H groups in total. The van der Waals surface area contributed by atoms with Crippen molar-refractivity contribution in [1.29, 1.82) is 0 Å². The van der Waals surface area contributed by atoms with Gasteiger partial charge in [-0.1, -0.05) is 35.9 Å². The van der Waals surface area contributed by atoms with Crippen LogP contribution in [0.1, 0.15) is 27.9 Å². The number of halogens is 1. The summed E-state index contributed by atoms with van der Waals surface area (Å²) in [5.74, 6) is -2.78. The van der Waals surface area contributed by atoms with E-state index in [2.05, 4.69) is 0 Å². The van der Waals surface area contributed by atoms with Crippen LogP contribution in [-0.4, -0.2) is 44.6 Å². The molecule has 0 saturated heterocycles. The van der Waals surface area contributed by atoms with E-state index in [4.69, 9.17) is 16.7 Å². The van der Waals surface area contributed by atoms with Crippen molar-refractivity contribution >= 4 is 29.4 Å². The van der Waals surface area contributed by atoms with E-state index in [1.54, 1.807) is 24.3 Å². The van der Waals surface area contributed by atoms with E-state index in [1.165, 1.54) is 18.2 Å². The van der Waals surface area contributed by atoms with E-state index >= 15 is 0 Å². The summed E-state index contributed by atoms with van der Waals surface area (Å²) < 4.78 is 0. The Kier molecular flexibility index (Phi) is 6.79. The SMILES string of the molecule is O=C(O)CN(Cc1ccccc1C(=O)O)C(=O)CCc1ccc(O)cc1Cl. The Hall–Kier alpha value is -3.06. The highest BCUT2D eigenvalue weighted by molar-refractivity contribution is 6.31. The lowest BCUT2D eigenvalue weighted by Crippen LogP contribution is -2.35. The molecular weight excluding hydrogens is 374 g/mol. The van der Waals surface area contributed by atoms with Gasteiger partial charge in [0.2, 0.25) is 5.91 Å². The second-order valence-corrected chi connectivity index (χ2v) is 6.29. The smallest absolute Gasteiger partial charge is 0.336 e. The maximum absolute atomic E-state index is 12.5. The highest BCUT2D eigenvalue weighted by Gasteiger charge is 2.20. The number of aromatic hydroxyl groups is 1.